The zero-order valence-corrected chi connectivity index (χ0v) is 12.8. The standard InChI is InChI=1S/C14H27ClOS/c1-2-3-4-5-6-7-8-9-10-11-12-16-14(17)13-15/h2-13H2,1H3. The van der Waals surface area contributed by atoms with E-state index in [1.807, 2.05) is 0 Å². The summed E-state index contributed by atoms with van der Waals surface area (Å²) in [6.07, 6.45) is 13.4. The van der Waals surface area contributed by atoms with Crippen molar-refractivity contribution in [3.05, 3.63) is 0 Å². The van der Waals surface area contributed by atoms with Crippen LogP contribution in [0.5, 0.6) is 0 Å². The Balaban J connectivity index is 2.96. The second-order valence-electron chi connectivity index (χ2n) is 4.54. The Hall–Kier alpha value is 0.180. The van der Waals surface area contributed by atoms with Crippen LogP contribution in [0.1, 0.15) is 71.1 Å². The Labute approximate surface area is 117 Å². The van der Waals surface area contributed by atoms with Gasteiger partial charge in [0.05, 0.1) is 12.5 Å². The minimum Gasteiger partial charge on any atom is -0.486 e. The lowest BCUT2D eigenvalue weighted by atomic mass is 10.1. The average molecular weight is 279 g/mol. The van der Waals surface area contributed by atoms with E-state index in [0.29, 0.717) is 10.9 Å². The van der Waals surface area contributed by atoms with Crippen LogP contribution in [0.2, 0.25) is 0 Å². The summed E-state index contributed by atoms with van der Waals surface area (Å²) in [5, 5.41) is 0.530. The van der Waals surface area contributed by atoms with Crippen molar-refractivity contribution >= 4 is 28.9 Å². The van der Waals surface area contributed by atoms with E-state index >= 15 is 0 Å². The van der Waals surface area contributed by atoms with Gasteiger partial charge in [0.15, 0.2) is 5.05 Å². The molecule has 1 nitrogen and oxygen atoms in total. The third-order valence-electron chi connectivity index (χ3n) is 2.87. The maximum atomic E-state index is 5.52. The summed E-state index contributed by atoms with van der Waals surface area (Å²) >= 11 is 10.4. The van der Waals surface area contributed by atoms with E-state index < -0.39 is 0 Å². The fourth-order valence-electron chi connectivity index (χ4n) is 1.81. The molecule has 3 heteroatoms. The Bertz CT molecular complexity index is 174. The first-order valence-electron chi connectivity index (χ1n) is 7.02. The van der Waals surface area contributed by atoms with Crippen LogP contribution in [0.3, 0.4) is 0 Å². The van der Waals surface area contributed by atoms with Crippen LogP contribution in [0.25, 0.3) is 0 Å². The number of thiocarbonyl (C=S) groups is 1. The molecule has 102 valence electrons. The first-order chi connectivity index (χ1) is 8.31. The van der Waals surface area contributed by atoms with E-state index in [9.17, 15) is 0 Å². The van der Waals surface area contributed by atoms with Crippen molar-refractivity contribution in [2.45, 2.75) is 71.1 Å². The van der Waals surface area contributed by atoms with Crippen LogP contribution in [0.4, 0.5) is 0 Å². The molecule has 0 bridgehead atoms. The lowest BCUT2D eigenvalue weighted by Crippen LogP contribution is -2.04. The lowest BCUT2D eigenvalue weighted by molar-refractivity contribution is 0.298. The fourth-order valence-corrected chi connectivity index (χ4v) is 1.97. The maximum Gasteiger partial charge on any atom is 0.174 e. The first-order valence-corrected chi connectivity index (χ1v) is 7.97. The van der Waals surface area contributed by atoms with E-state index in [2.05, 4.69) is 6.92 Å². The van der Waals surface area contributed by atoms with Gasteiger partial charge in [-0.05, 0) is 18.6 Å². The smallest absolute Gasteiger partial charge is 0.174 e. The summed E-state index contributed by atoms with van der Waals surface area (Å²) in [6.45, 7) is 3.00. The molecular formula is C14H27ClOS. The monoisotopic (exact) mass is 278 g/mol. The molecule has 0 aromatic heterocycles. The molecule has 17 heavy (non-hydrogen) atoms. The van der Waals surface area contributed by atoms with Gasteiger partial charge in [-0.2, -0.15) is 0 Å². The zero-order chi connectivity index (χ0) is 12.8. The van der Waals surface area contributed by atoms with Crippen LogP contribution >= 0.6 is 23.8 Å². The molecule has 0 spiro atoms. The molecule has 0 aliphatic carbocycles. The van der Waals surface area contributed by atoms with Gasteiger partial charge in [-0.15, -0.1) is 11.6 Å². The quantitative estimate of drug-likeness (QED) is 0.265. The van der Waals surface area contributed by atoms with E-state index in [1.165, 1.54) is 57.8 Å². The summed E-state index contributed by atoms with van der Waals surface area (Å²) in [7, 11) is 0. The van der Waals surface area contributed by atoms with Crippen LogP contribution in [0.15, 0.2) is 0 Å². The van der Waals surface area contributed by atoms with E-state index in [1.54, 1.807) is 0 Å². The molecule has 0 saturated carbocycles. The number of hydrogen-bond acceptors (Lipinski definition) is 2. The van der Waals surface area contributed by atoms with Gasteiger partial charge in [-0.1, -0.05) is 64.7 Å². The molecule has 0 unspecified atom stereocenters. The minimum absolute atomic E-state index is 0.340. The van der Waals surface area contributed by atoms with Crippen molar-refractivity contribution < 1.29 is 4.74 Å². The Morgan fingerprint density at radius 2 is 1.35 bits per heavy atom. The van der Waals surface area contributed by atoms with Gasteiger partial charge < -0.3 is 4.74 Å². The van der Waals surface area contributed by atoms with Crippen molar-refractivity contribution in [2.24, 2.45) is 0 Å². The number of halogens is 1. The molecule has 0 N–H and O–H groups in total. The maximum absolute atomic E-state index is 5.52. The normalized spacial score (nSPS) is 10.5. The third kappa shape index (κ3) is 14.1. The summed E-state index contributed by atoms with van der Waals surface area (Å²) in [4.78, 5) is 0. The van der Waals surface area contributed by atoms with Gasteiger partial charge in [-0.3, -0.25) is 0 Å². The molecule has 0 heterocycles. The molecular weight excluding hydrogens is 252 g/mol. The van der Waals surface area contributed by atoms with Crippen molar-refractivity contribution in [3.8, 4) is 0 Å². The lowest BCUT2D eigenvalue weighted by Gasteiger charge is -2.04. The summed E-state index contributed by atoms with van der Waals surface area (Å²) in [5.41, 5.74) is 0. The minimum atomic E-state index is 0.340. The molecule has 0 aromatic rings. The van der Waals surface area contributed by atoms with E-state index in [0.717, 1.165) is 13.0 Å². The van der Waals surface area contributed by atoms with Crippen molar-refractivity contribution in [1.82, 2.24) is 0 Å². The van der Waals surface area contributed by atoms with Gasteiger partial charge in [0, 0.05) is 0 Å². The second kappa shape index (κ2) is 14.2. The first kappa shape index (κ1) is 17.2. The molecule has 0 aliphatic rings. The topological polar surface area (TPSA) is 9.23 Å². The SMILES string of the molecule is CCCCCCCCCCCCOC(=S)CCl. The van der Waals surface area contributed by atoms with Gasteiger partial charge in [-0.25, -0.2) is 0 Å². The largest absolute Gasteiger partial charge is 0.486 e. The van der Waals surface area contributed by atoms with Crippen LogP contribution in [0, 0.1) is 0 Å². The molecule has 0 saturated heterocycles. The highest BCUT2D eigenvalue weighted by atomic mass is 35.5. The predicted octanol–water partition coefficient (Wildman–Crippen LogP) is 5.49. The summed E-state index contributed by atoms with van der Waals surface area (Å²) < 4.78 is 5.26. The molecule has 0 atom stereocenters. The highest BCUT2D eigenvalue weighted by Crippen LogP contribution is 2.10. The van der Waals surface area contributed by atoms with Crippen molar-refractivity contribution in [2.75, 3.05) is 12.5 Å². The van der Waals surface area contributed by atoms with Crippen LogP contribution in [-0.2, 0) is 4.74 Å². The van der Waals surface area contributed by atoms with Gasteiger partial charge in [0.1, 0.15) is 0 Å². The number of hydrogen-bond donors (Lipinski definition) is 0. The number of alkyl halides is 1. The fraction of sp³-hybridized carbons (Fsp3) is 0.929. The van der Waals surface area contributed by atoms with Gasteiger partial charge >= 0.3 is 0 Å². The Morgan fingerprint density at radius 3 is 1.82 bits per heavy atom. The zero-order valence-electron chi connectivity index (χ0n) is 11.2. The van der Waals surface area contributed by atoms with E-state index in [4.69, 9.17) is 28.6 Å². The number of unbranched alkanes of at least 4 members (excludes halogenated alkanes) is 9. The number of rotatable bonds is 12. The molecule has 0 rings (SSSR count). The molecule has 0 aromatic carbocycles. The summed E-state index contributed by atoms with van der Waals surface area (Å²) in [6, 6.07) is 0. The van der Waals surface area contributed by atoms with Gasteiger partial charge in [0.25, 0.3) is 0 Å². The second-order valence-corrected chi connectivity index (χ2v) is 5.26. The van der Waals surface area contributed by atoms with E-state index in [-0.39, 0.29) is 0 Å². The average Bonchev–Trinajstić information content (AvgIpc) is 2.35. The number of ether oxygens (including phenoxy) is 1. The molecule has 0 amide bonds. The Kier molecular flexibility index (Phi) is 14.4. The summed E-state index contributed by atoms with van der Waals surface area (Å²) in [5.74, 6) is 0.340. The third-order valence-corrected chi connectivity index (χ3v) is 3.53. The predicted molar refractivity (Wildman–Crippen MR) is 81.1 cm³/mol. The van der Waals surface area contributed by atoms with Crippen molar-refractivity contribution in [1.29, 1.82) is 0 Å². The van der Waals surface area contributed by atoms with Gasteiger partial charge in [0.2, 0.25) is 0 Å². The van der Waals surface area contributed by atoms with Crippen LogP contribution in [-0.4, -0.2) is 17.5 Å². The molecule has 0 aliphatic heterocycles. The highest BCUT2D eigenvalue weighted by molar-refractivity contribution is 7.80. The van der Waals surface area contributed by atoms with Crippen LogP contribution < -0.4 is 0 Å². The van der Waals surface area contributed by atoms with Crippen molar-refractivity contribution in [3.63, 3.8) is 0 Å². The highest BCUT2D eigenvalue weighted by Gasteiger charge is 1.95. The molecule has 0 fully saturated rings. The molecule has 0 radical (unpaired) electrons. The Morgan fingerprint density at radius 1 is 0.882 bits per heavy atom.